The number of rotatable bonds is 5. The second-order valence-electron chi connectivity index (χ2n) is 7.79. The standard InChI is InChI=1S/C18H20FN3O3S.C2HF3O2/c19-16-4-2-14(3-5-16)10-22-12-18(13-22)15(6-9-26(18,23)24)11-25-17-20-7-1-8-21-17;3-2(4,5)1(6)7/h1-5,7-8,15H,6,9-13H2;(H,6,7). The SMILES string of the molecule is O=C(O)C(F)(F)F.O=S1(=O)CCC(COc2ncccn2)C12CN(Cc1ccc(F)cc1)C2. The van der Waals surface area contributed by atoms with Crippen LogP contribution in [0.5, 0.6) is 6.01 Å². The average molecular weight is 491 g/mol. The van der Waals surface area contributed by atoms with Gasteiger partial charge >= 0.3 is 18.2 Å². The summed E-state index contributed by atoms with van der Waals surface area (Å²) in [4.78, 5) is 19.0. The number of halogens is 4. The quantitative estimate of drug-likeness (QED) is 0.635. The minimum Gasteiger partial charge on any atom is -0.475 e. The second-order valence-corrected chi connectivity index (χ2v) is 10.2. The summed E-state index contributed by atoms with van der Waals surface area (Å²) in [5, 5.41) is 7.12. The first-order valence-electron chi connectivity index (χ1n) is 9.82. The fraction of sp³-hybridized carbons (Fsp3) is 0.450. The van der Waals surface area contributed by atoms with Gasteiger partial charge < -0.3 is 9.84 Å². The van der Waals surface area contributed by atoms with E-state index < -0.39 is 26.7 Å². The Morgan fingerprint density at radius 1 is 1.18 bits per heavy atom. The van der Waals surface area contributed by atoms with E-state index in [2.05, 4.69) is 14.9 Å². The largest absolute Gasteiger partial charge is 0.490 e. The van der Waals surface area contributed by atoms with Crippen molar-refractivity contribution in [2.45, 2.75) is 23.9 Å². The van der Waals surface area contributed by atoms with E-state index in [1.807, 2.05) is 0 Å². The van der Waals surface area contributed by atoms with Crippen LogP contribution >= 0.6 is 0 Å². The molecular weight excluding hydrogens is 470 g/mol. The topological polar surface area (TPSA) is 110 Å². The highest BCUT2D eigenvalue weighted by molar-refractivity contribution is 7.93. The number of benzene rings is 1. The maximum Gasteiger partial charge on any atom is 0.490 e. The first-order valence-corrected chi connectivity index (χ1v) is 11.5. The van der Waals surface area contributed by atoms with Gasteiger partial charge in [-0.15, -0.1) is 0 Å². The zero-order chi connectivity index (χ0) is 24.3. The van der Waals surface area contributed by atoms with Crippen LogP contribution < -0.4 is 4.74 Å². The van der Waals surface area contributed by atoms with Crippen LogP contribution in [0.1, 0.15) is 12.0 Å². The molecule has 1 N–H and O–H groups in total. The molecule has 1 aromatic carbocycles. The molecule has 8 nitrogen and oxygen atoms in total. The van der Waals surface area contributed by atoms with Crippen molar-refractivity contribution in [1.29, 1.82) is 0 Å². The maximum absolute atomic E-state index is 13.0. The molecule has 1 aromatic heterocycles. The van der Waals surface area contributed by atoms with Crippen molar-refractivity contribution < 1.29 is 40.6 Å². The lowest BCUT2D eigenvalue weighted by Crippen LogP contribution is -2.67. The van der Waals surface area contributed by atoms with Crippen molar-refractivity contribution in [2.75, 3.05) is 25.4 Å². The van der Waals surface area contributed by atoms with Gasteiger partial charge in [0.15, 0.2) is 9.84 Å². The van der Waals surface area contributed by atoms with Crippen molar-refractivity contribution in [2.24, 2.45) is 5.92 Å². The predicted molar refractivity (Wildman–Crippen MR) is 108 cm³/mol. The molecular formula is C20H21F4N3O5S. The Hall–Kier alpha value is -2.80. The van der Waals surface area contributed by atoms with Gasteiger partial charge in [-0.1, -0.05) is 12.1 Å². The van der Waals surface area contributed by atoms with E-state index in [9.17, 15) is 26.0 Å². The first kappa shape index (κ1) is 24.8. The average Bonchev–Trinajstić information content (AvgIpc) is 2.99. The maximum atomic E-state index is 13.0. The Kier molecular flexibility index (Phi) is 7.22. The highest BCUT2D eigenvalue weighted by Gasteiger charge is 2.61. The van der Waals surface area contributed by atoms with Crippen LogP contribution in [-0.2, 0) is 21.2 Å². The number of sulfone groups is 1. The van der Waals surface area contributed by atoms with Crippen molar-refractivity contribution in [3.63, 3.8) is 0 Å². The van der Waals surface area contributed by atoms with E-state index in [1.165, 1.54) is 12.1 Å². The van der Waals surface area contributed by atoms with Crippen LogP contribution in [0.3, 0.4) is 0 Å². The van der Waals surface area contributed by atoms with E-state index in [-0.39, 0.29) is 23.5 Å². The van der Waals surface area contributed by atoms with Gasteiger partial charge in [0.1, 0.15) is 10.6 Å². The van der Waals surface area contributed by atoms with E-state index in [0.29, 0.717) is 32.7 Å². The van der Waals surface area contributed by atoms with Gasteiger partial charge in [0.05, 0.1) is 12.4 Å². The number of nitrogens with zero attached hydrogens (tertiary/aromatic N) is 3. The van der Waals surface area contributed by atoms with Crippen LogP contribution in [0.25, 0.3) is 0 Å². The summed E-state index contributed by atoms with van der Waals surface area (Å²) in [5.41, 5.74) is 0.974. The lowest BCUT2D eigenvalue weighted by atomic mass is 9.83. The Labute approximate surface area is 187 Å². The Balaban J connectivity index is 0.000000383. The van der Waals surface area contributed by atoms with Gasteiger partial charge in [0, 0.05) is 37.9 Å². The molecule has 180 valence electrons. The summed E-state index contributed by atoms with van der Waals surface area (Å²) >= 11 is 0. The fourth-order valence-electron chi connectivity index (χ4n) is 3.91. The smallest absolute Gasteiger partial charge is 0.475 e. The lowest BCUT2D eigenvalue weighted by molar-refractivity contribution is -0.192. The van der Waals surface area contributed by atoms with Gasteiger partial charge in [-0.3, -0.25) is 4.90 Å². The molecule has 13 heteroatoms. The predicted octanol–water partition coefficient (Wildman–Crippen LogP) is 2.32. The van der Waals surface area contributed by atoms with Gasteiger partial charge in [0.2, 0.25) is 0 Å². The Morgan fingerprint density at radius 3 is 2.30 bits per heavy atom. The number of alkyl halides is 3. The van der Waals surface area contributed by atoms with E-state index in [0.717, 1.165) is 5.56 Å². The molecule has 3 heterocycles. The molecule has 2 fully saturated rings. The van der Waals surface area contributed by atoms with E-state index >= 15 is 0 Å². The Bertz CT molecular complexity index is 1060. The van der Waals surface area contributed by atoms with E-state index in [1.54, 1.807) is 30.6 Å². The third-order valence-electron chi connectivity index (χ3n) is 5.60. The Morgan fingerprint density at radius 2 is 1.76 bits per heavy atom. The van der Waals surface area contributed by atoms with Crippen LogP contribution in [-0.4, -0.2) is 70.7 Å². The van der Waals surface area contributed by atoms with Gasteiger partial charge in [-0.05, 0) is 30.2 Å². The highest BCUT2D eigenvalue weighted by Crippen LogP contribution is 2.45. The van der Waals surface area contributed by atoms with Crippen molar-refractivity contribution in [1.82, 2.24) is 14.9 Å². The van der Waals surface area contributed by atoms with Crippen LogP contribution in [0.15, 0.2) is 42.7 Å². The number of ether oxygens (including phenoxy) is 1. The highest BCUT2D eigenvalue weighted by atomic mass is 32.2. The van der Waals surface area contributed by atoms with Crippen LogP contribution in [0.4, 0.5) is 17.6 Å². The molecule has 0 aliphatic carbocycles. The van der Waals surface area contributed by atoms with Crippen molar-refractivity contribution >= 4 is 15.8 Å². The fourth-order valence-corrected chi connectivity index (χ4v) is 6.37. The van der Waals surface area contributed by atoms with E-state index in [4.69, 9.17) is 14.6 Å². The molecule has 0 radical (unpaired) electrons. The van der Waals surface area contributed by atoms with Crippen LogP contribution in [0, 0.1) is 11.7 Å². The molecule has 33 heavy (non-hydrogen) atoms. The number of aliphatic carboxylic acids is 1. The molecule has 4 rings (SSSR count). The number of carboxylic acid groups (broad SMARTS) is 1. The lowest BCUT2D eigenvalue weighted by Gasteiger charge is -2.50. The summed E-state index contributed by atoms with van der Waals surface area (Å²) < 4.78 is 75.0. The van der Waals surface area contributed by atoms with Gasteiger partial charge in [-0.25, -0.2) is 27.6 Å². The van der Waals surface area contributed by atoms with Crippen LogP contribution in [0.2, 0.25) is 0 Å². The second kappa shape index (κ2) is 9.59. The molecule has 2 aliphatic heterocycles. The molecule has 2 saturated heterocycles. The number of likely N-dealkylation sites (tertiary alicyclic amines) is 1. The molecule has 2 aliphatic rings. The minimum atomic E-state index is -5.08. The number of hydrogen-bond donors (Lipinski definition) is 1. The zero-order valence-electron chi connectivity index (χ0n) is 17.2. The minimum absolute atomic E-state index is 0.0687. The van der Waals surface area contributed by atoms with Crippen molar-refractivity contribution in [3.05, 3.63) is 54.1 Å². The third kappa shape index (κ3) is 5.77. The number of carboxylic acids is 1. The first-order chi connectivity index (χ1) is 15.4. The molecule has 2 aromatic rings. The third-order valence-corrected chi connectivity index (χ3v) is 8.20. The summed E-state index contributed by atoms with van der Waals surface area (Å²) in [7, 11) is -3.16. The molecule has 1 spiro atoms. The summed E-state index contributed by atoms with van der Waals surface area (Å²) in [5.74, 6) is -2.90. The molecule has 0 saturated carbocycles. The normalized spacial score (nSPS) is 21.0. The van der Waals surface area contributed by atoms with Crippen molar-refractivity contribution in [3.8, 4) is 6.01 Å². The number of hydrogen-bond acceptors (Lipinski definition) is 7. The molecule has 0 bridgehead atoms. The summed E-state index contributed by atoms with van der Waals surface area (Å²) in [6.45, 7) is 1.88. The summed E-state index contributed by atoms with van der Waals surface area (Å²) in [6.07, 6.45) is -1.30. The number of aromatic nitrogens is 2. The monoisotopic (exact) mass is 491 g/mol. The molecule has 1 atom stereocenters. The zero-order valence-corrected chi connectivity index (χ0v) is 18.0. The number of carbonyl (C=O) groups is 1. The van der Waals surface area contributed by atoms with Gasteiger partial charge in [0.25, 0.3) is 0 Å². The van der Waals surface area contributed by atoms with Gasteiger partial charge in [-0.2, -0.15) is 13.2 Å². The molecule has 1 unspecified atom stereocenters. The molecule has 0 amide bonds. The summed E-state index contributed by atoms with van der Waals surface area (Å²) in [6, 6.07) is 8.29.